The Morgan fingerprint density at radius 2 is 0.767 bits per heavy atom. The Labute approximate surface area is 254 Å². The third-order valence-corrected chi connectivity index (χ3v) is 12.6. The highest BCUT2D eigenvalue weighted by Crippen LogP contribution is 2.43. The third-order valence-electron chi connectivity index (χ3n) is 7.65. The van der Waals surface area contributed by atoms with Gasteiger partial charge in [-0.2, -0.15) is 0 Å². The first-order chi connectivity index (χ1) is 21.3. The van der Waals surface area contributed by atoms with E-state index in [0.717, 1.165) is 33.4 Å². The van der Waals surface area contributed by atoms with Crippen LogP contribution in [0.3, 0.4) is 0 Å². The molecule has 0 amide bonds. The van der Waals surface area contributed by atoms with Gasteiger partial charge >= 0.3 is 0 Å². The molecule has 5 heteroatoms. The molecule has 0 bridgehead atoms. The summed E-state index contributed by atoms with van der Waals surface area (Å²) >= 11 is 0. The quantitative estimate of drug-likeness (QED) is 0.175. The fourth-order valence-corrected chi connectivity index (χ4v) is 10.8. The van der Waals surface area contributed by atoms with E-state index in [2.05, 4.69) is 121 Å². The van der Waals surface area contributed by atoms with Crippen molar-refractivity contribution in [3.8, 4) is 11.5 Å². The molecule has 0 spiro atoms. The molecule has 2 atom stereocenters. The lowest BCUT2D eigenvalue weighted by atomic mass is 10.1. The number of hydrogen-bond donors (Lipinski definition) is 0. The van der Waals surface area contributed by atoms with Crippen molar-refractivity contribution in [2.75, 3.05) is 14.2 Å². The second-order valence-electron chi connectivity index (χ2n) is 10.1. The summed E-state index contributed by atoms with van der Waals surface area (Å²) in [5, 5.41) is 9.41. The number of furan rings is 1. The zero-order chi connectivity index (χ0) is 29.2. The average Bonchev–Trinajstić information content (AvgIpc) is 3.47. The van der Waals surface area contributed by atoms with E-state index in [9.17, 15) is 0 Å². The zero-order valence-corrected chi connectivity index (χ0v) is 25.8. The lowest BCUT2D eigenvalue weighted by Crippen LogP contribution is -2.22. The van der Waals surface area contributed by atoms with E-state index in [0.29, 0.717) is 0 Å². The number of para-hydroxylation sites is 4. The van der Waals surface area contributed by atoms with Crippen molar-refractivity contribution in [2.24, 2.45) is 0 Å². The molecule has 0 unspecified atom stereocenters. The van der Waals surface area contributed by atoms with Gasteiger partial charge in [0.15, 0.2) is 0 Å². The molecule has 6 aromatic carbocycles. The fourth-order valence-electron chi connectivity index (χ4n) is 5.74. The molecule has 3 nitrogen and oxygen atoms in total. The van der Waals surface area contributed by atoms with E-state index < -0.39 is 15.8 Å². The normalized spacial score (nSPS) is 12.7. The van der Waals surface area contributed by atoms with Gasteiger partial charge in [-0.05, 0) is 38.6 Å². The van der Waals surface area contributed by atoms with Gasteiger partial charge in [-0.1, -0.05) is 133 Å². The van der Waals surface area contributed by atoms with Gasteiger partial charge in [0, 0.05) is 32.0 Å². The highest BCUT2D eigenvalue weighted by molar-refractivity contribution is 7.80. The van der Waals surface area contributed by atoms with Gasteiger partial charge in [-0.3, -0.25) is 0 Å². The van der Waals surface area contributed by atoms with E-state index >= 15 is 0 Å². The van der Waals surface area contributed by atoms with Crippen LogP contribution < -0.4 is 41.3 Å². The van der Waals surface area contributed by atoms with E-state index in [-0.39, 0.29) is 0 Å². The van der Waals surface area contributed by atoms with Crippen LogP contribution in [0.5, 0.6) is 11.5 Å². The summed E-state index contributed by atoms with van der Waals surface area (Å²) in [5.74, 6) is 1.77. The number of fused-ring (bicyclic) bond motifs is 3. The van der Waals surface area contributed by atoms with Crippen LogP contribution in [-0.4, -0.2) is 14.2 Å². The summed E-state index contributed by atoms with van der Waals surface area (Å²) in [4.78, 5) is 0. The van der Waals surface area contributed by atoms with Crippen LogP contribution in [0, 0.1) is 0 Å². The van der Waals surface area contributed by atoms with Crippen LogP contribution in [0.1, 0.15) is 0 Å². The Bertz CT molecular complexity index is 1870. The van der Waals surface area contributed by atoms with Gasteiger partial charge in [-0.25, -0.2) is 0 Å². The maximum absolute atomic E-state index is 7.06. The second kappa shape index (κ2) is 12.1. The van der Waals surface area contributed by atoms with Crippen molar-refractivity contribution >= 4 is 69.6 Å². The molecule has 1 heterocycles. The lowest BCUT2D eigenvalue weighted by molar-refractivity contribution is 0.418. The van der Waals surface area contributed by atoms with Crippen molar-refractivity contribution in [1.82, 2.24) is 0 Å². The van der Waals surface area contributed by atoms with Gasteiger partial charge < -0.3 is 13.9 Å². The van der Waals surface area contributed by atoms with Crippen LogP contribution in [0.25, 0.3) is 21.9 Å². The largest absolute Gasteiger partial charge is 0.496 e. The van der Waals surface area contributed by atoms with Crippen molar-refractivity contribution in [3.05, 3.63) is 146 Å². The van der Waals surface area contributed by atoms with E-state index in [1.165, 1.54) is 31.8 Å². The molecule has 43 heavy (non-hydrogen) atoms. The predicted molar refractivity (Wildman–Crippen MR) is 184 cm³/mol. The number of methoxy groups -OCH3 is 2. The minimum atomic E-state index is -0.963. The standard InChI is InChI=1S/C38H30O3P2/c1-39-31-21-9-11-23-33(31)42(27-15-5-3-6-16-27)35-25-13-19-29-30-20-14-26-36(38(30)41-37(29)35)43(28-17-7-4-8-18-28)34-24-12-10-22-32(34)40-2/h3-26H,1-2H3/t42-,43-/m0/s1. The highest BCUT2D eigenvalue weighted by atomic mass is 31.1. The second-order valence-corrected chi connectivity index (χ2v) is 14.4. The molecule has 0 aliphatic heterocycles. The molecule has 0 saturated heterocycles. The Kier molecular flexibility index (Phi) is 7.69. The van der Waals surface area contributed by atoms with Gasteiger partial charge in [0.05, 0.1) is 14.2 Å². The predicted octanol–water partition coefficient (Wildman–Crippen LogP) is 7.12. The van der Waals surface area contributed by atoms with Crippen molar-refractivity contribution in [2.45, 2.75) is 0 Å². The molecule has 7 rings (SSSR count). The molecular weight excluding hydrogens is 566 g/mol. The molecule has 0 N–H and O–H groups in total. The smallest absolute Gasteiger partial charge is 0.143 e. The first kappa shape index (κ1) is 27.4. The van der Waals surface area contributed by atoms with E-state index in [1.807, 2.05) is 24.3 Å². The summed E-state index contributed by atoms with van der Waals surface area (Å²) in [6.45, 7) is 0. The van der Waals surface area contributed by atoms with Crippen molar-refractivity contribution in [1.29, 1.82) is 0 Å². The van der Waals surface area contributed by atoms with Gasteiger partial charge in [0.2, 0.25) is 0 Å². The third kappa shape index (κ3) is 5.00. The average molecular weight is 597 g/mol. The molecule has 0 aliphatic rings. The lowest BCUT2D eigenvalue weighted by Gasteiger charge is -2.22. The van der Waals surface area contributed by atoms with Gasteiger partial charge in [0.25, 0.3) is 0 Å². The monoisotopic (exact) mass is 596 g/mol. The molecule has 0 saturated carbocycles. The molecule has 0 aliphatic carbocycles. The summed E-state index contributed by atoms with van der Waals surface area (Å²) in [5.41, 5.74) is 1.85. The maximum Gasteiger partial charge on any atom is 0.143 e. The zero-order valence-electron chi connectivity index (χ0n) is 24.0. The summed E-state index contributed by atoms with van der Waals surface area (Å²) in [7, 11) is 1.56. The highest BCUT2D eigenvalue weighted by Gasteiger charge is 2.27. The van der Waals surface area contributed by atoms with Crippen LogP contribution in [0.15, 0.2) is 150 Å². The van der Waals surface area contributed by atoms with Crippen LogP contribution in [0.2, 0.25) is 0 Å². The Hall–Kier alpha value is -4.42. The van der Waals surface area contributed by atoms with E-state index in [4.69, 9.17) is 13.9 Å². The van der Waals surface area contributed by atoms with Crippen LogP contribution in [0.4, 0.5) is 0 Å². The summed E-state index contributed by atoms with van der Waals surface area (Å²) < 4.78 is 18.8. The topological polar surface area (TPSA) is 31.6 Å². The molecule has 0 radical (unpaired) electrons. The number of rotatable bonds is 8. The molecule has 1 aromatic heterocycles. The minimum absolute atomic E-state index is 0.884. The first-order valence-electron chi connectivity index (χ1n) is 14.2. The van der Waals surface area contributed by atoms with Crippen molar-refractivity contribution in [3.63, 3.8) is 0 Å². The van der Waals surface area contributed by atoms with Crippen LogP contribution in [-0.2, 0) is 0 Å². The Balaban J connectivity index is 1.51. The molecular formula is C38H30O3P2. The van der Waals surface area contributed by atoms with Gasteiger partial charge in [-0.15, -0.1) is 0 Å². The van der Waals surface area contributed by atoms with E-state index in [1.54, 1.807) is 14.2 Å². The van der Waals surface area contributed by atoms with Gasteiger partial charge in [0.1, 0.15) is 22.7 Å². The number of ether oxygens (including phenoxy) is 2. The van der Waals surface area contributed by atoms with Crippen molar-refractivity contribution < 1.29 is 13.9 Å². The minimum Gasteiger partial charge on any atom is -0.496 e. The van der Waals surface area contributed by atoms with Crippen LogP contribution >= 0.6 is 15.8 Å². The Morgan fingerprint density at radius 1 is 0.395 bits per heavy atom. The maximum atomic E-state index is 7.06. The molecule has 7 aromatic rings. The fraction of sp³-hybridized carbons (Fsp3) is 0.0526. The Morgan fingerprint density at radius 3 is 1.19 bits per heavy atom. The SMILES string of the molecule is COc1ccccc1[P@](c1ccccc1)c1cccc2c1oc1c([P@@](c3ccccc3)c3ccccc3OC)cccc12. The summed E-state index contributed by atoms with van der Waals surface area (Å²) in [6, 6.07) is 51.2. The number of benzene rings is 6. The summed E-state index contributed by atoms with van der Waals surface area (Å²) in [6.07, 6.45) is 0. The molecule has 0 fully saturated rings. The molecule has 210 valence electrons. The number of hydrogen-bond acceptors (Lipinski definition) is 3. The first-order valence-corrected chi connectivity index (χ1v) is 16.9.